The smallest absolute Gasteiger partial charge is 0.0823 e. The molecular formula is C32H26N2. The predicted octanol–water partition coefficient (Wildman–Crippen LogP) is 8.81. The number of benzene rings is 4. The summed E-state index contributed by atoms with van der Waals surface area (Å²) in [7, 11) is 0. The van der Waals surface area contributed by atoms with Crippen molar-refractivity contribution >= 4 is 59.8 Å². The van der Waals surface area contributed by atoms with Crippen molar-refractivity contribution in [3.63, 3.8) is 0 Å². The fourth-order valence-electron chi connectivity index (χ4n) is 6.88. The lowest BCUT2D eigenvalue weighted by atomic mass is 9.96. The van der Waals surface area contributed by atoms with Crippen LogP contribution >= 0.6 is 0 Å². The molecule has 0 saturated heterocycles. The first kappa shape index (κ1) is 18.7. The zero-order chi connectivity index (χ0) is 22.6. The molecular weight excluding hydrogens is 412 g/mol. The van der Waals surface area contributed by atoms with Crippen LogP contribution < -0.4 is 0 Å². The van der Waals surface area contributed by atoms with E-state index in [9.17, 15) is 0 Å². The van der Waals surface area contributed by atoms with Crippen LogP contribution in [0.25, 0.3) is 59.8 Å². The number of aromatic nitrogens is 2. The second-order valence-corrected chi connectivity index (χ2v) is 10.4. The maximum absolute atomic E-state index is 4.96. The molecule has 0 atom stereocenters. The van der Waals surface area contributed by atoms with Gasteiger partial charge < -0.3 is 4.40 Å². The maximum Gasteiger partial charge on any atom is 0.0823 e. The average Bonchev–Trinajstić information content (AvgIpc) is 3.51. The largest absolute Gasteiger partial charge is 0.308 e. The Hall–Kier alpha value is -3.65. The Bertz CT molecular complexity index is 1930. The van der Waals surface area contributed by atoms with E-state index in [0.717, 1.165) is 5.52 Å². The van der Waals surface area contributed by atoms with Gasteiger partial charge in [-0.3, -0.25) is 4.98 Å². The number of pyridine rings is 2. The van der Waals surface area contributed by atoms with Gasteiger partial charge in [0.1, 0.15) is 0 Å². The summed E-state index contributed by atoms with van der Waals surface area (Å²) < 4.78 is 2.58. The lowest BCUT2D eigenvalue weighted by Crippen LogP contribution is -1.98. The SMILES string of the molecule is Cc1ccc2cc3c4nccc5ccc6c7ccc(C8CCCC8)cc7n(c3c(C)c2c1)c6c54. The van der Waals surface area contributed by atoms with E-state index >= 15 is 0 Å². The minimum atomic E-state index is 0.701. The first-order chi connectivity index (χ1) is 16.7. The summed E-state index contributed by atoms with van der Waals surface area (Å²) >= 11 is 0. The van der Waals surface area contributed by atoms with Gasteiger partial charge in [-0.15, -0.1) is 0 Å². The van der Waals surface area contributed by atoms with Crippen LogP contribution in [0.5, 0.6) is 0 Å². The molecule has 2 nitrogen and oxygen atoms in total. The number of aryl methyl sites for hydroxylation is 2. The minimum absolute atomic E-state index is 0.701. The molecule has 8 rings (SSSR count). The van der Waals surface area contributed by atoms with Crippen molar-refractivity contribution < 1.29 is 0 Å². The third-order valence-electron chi connectivity index (χ3n) is 8.51. The van der Waals surface area contributed by atoms with Crippen molar-refractivity contribution in [2.75, 3.05) is 0 Å². The first-order valence-corrected chi connectivity index (χ1v) is 12.6. The van der Waals surface area contributed by atoms with Crippen molar-refractivity contribution in [2.24, 2.45) is 0 Å². The van der Waals surface area contributed by atoms with E-state index in [1.165, 1.54) is 96.6 Å². The Kier molecular flexibility index (Phi) is 3.57. The predicted molar refractivity (Wildman–Crippen MR) is 145 cm³/mol. The van der Waals surface area contributed by atoms with E-state index in [-0.39, 0.29) is 0 Å². The average molecular weight is 439 g/mol. The second-order valence-electron chi connectivity index (χ2n) is 10.4. The molecule has 1 aliphatic carbocycles. The van der Waals surface area contributed by atoms with Crippen LogP contribution in [0.15, 0.2) is 66.9 Å². The van der Waals surface area contributed by atoms with Crippen LogP contribution in [-0.2, 0) is 0 Å². The molecule has 1 aliphatic rings. The Balaban J connectivity index is 1.68. The summed E-state index contributed by atoms with van der Waals surface area (Å²) in [6.07, 6.45) is 7.33. The normalized spacial score (nSPS) is 15.4. The lowest BCUT2D eigenvalue weighted by Gasteiger charge is -2.16. The Morgan fingerprint density at radius 3 is 2.44 bits per heavy atom. The first-order valence-electron chi connectivity index (χ1n) is 12.6. The van der Waals surface area contributed by atoms with Gasteiger partial charge in [0.05, 0.1) is 22.1 Å². The molecule has 164 valence electrons. The van der Waals surface area contributed by atoms with Gasteiger partial charge in [-0.25, -0.2) is 0 Å². The van der Waals surface area contributed by atoms with Crippen LogP contribution in [0.3, 0.4) is 0 Å². The molecule has 0 aliphatic heterocycles. The maximum atomic E-state index is 4.96. The summed E-state index contributed by atoms with van der Waals surface area (Å²) in [5, 5.41) is 9.13. The van der Waals surface area contributed by atoms with Crippen molar-refractivity contribution in [1.82, 2.24) is 9.38 Å². The highest BCUT2D eigenvalue weighted by Gasteiger charge is 2.23. The molecule has 1 fully saturated rings. The molecule has 0 radical (unpaired) electrons. The van der Waals surface area contributed by atoms with E-state index in [1.807, 2.05) is 6.20 Å². The van der Waals surface area contributed by atoms with Crippen LogP contribution in [-0.4, -0.2) is 9.38 Å². The summed E-state index contributed by atoms with van der Waals surface area (Å²) in [4.78, 5) is 4.96. The topological polar surface area (TPSA) is 17.3 Å². The van der Waals surface area contributed by atoms with Crippen LogP contribution in [0.4, 0.5) is 0 Å². The van der Waals surface area contributed by atoms with Crippen molar-refractivity contribution in [3.05, 3.63) is 83.6 Å². The van der Waals surface area contributed by atoms with Crippen LogP contribution in [0, 0.1) is 13.8 Å². The summed E-state index contributed by atoms with van der Waals surface area (Å²) in [5.74, 6) is 0.701. The number of hydrogen-bond acceptors (Lipinski definition) is 1. The molecule has 0 spiro atoms. The fraction of sp³-hybridized carbons (Fsp3) is 0.219. The van der Waals surface area contributed by atoms with Crippen LogP contribution in [0.2, 0.25) is 0 Å². The van der Waals surface area contributed by atoms with Gasteiger partial charge in [-0.2, -0.15) is 0 Å². The van der Waals surface area contributed by atoms with Crippen molar-refractivity contribution in [2.45, 2.75) is 45.4 Å². The number of hydrogen-bond donors (Lipinski definition) is 0. The standard InChI is InChI=1S/C32H26N2/c1-18-7-8-23-16-27-30-29-21(13-14-33-30)9-12-25-24-11-10-22(20-5-3-4-6-20)17-28(24)34(32(25)29)31(27)19(2)26(23)15-18/h7-17,20H,3-6H2,1-2H3. The van der Waals surface area contributed by atoms with E-state index in [0.29, 0.717) is 5.92 Å². The Labute approximate surface area is 198 Å². The summed E-state index contributed by atoms with van der Waals surface area (Å²) in [6, 6.07) is 23.2. The molecule has 1 saturated carbocycles. The molecule has 2 heteroatoms. The molecule has 34 heavy (non-hydrogen) atoms. The molecule has 0 bridgehead atoms. The molecule has 0 N–H and O–H groups in total. The second kappa shape index (κ2) is 6.48. The molecule has 4 aromatic carbocycles. The molecule has 3 aromatic heterocycles. The number of rotatable bonds is 1. The van der Waals surface area contributed by atoms with Gasteiger partial charge in [0.25, 0.3) is 0 Å². The highest BCUT2D eigenvalue weighted by molar-refractivity contribution is 6.28. The highest BCUT2D eigenvalue weighted by Crippen LogP contribution is 2.44. The van der Waals surface area contributed by atoms with Gasteiger partial charge in [-0.05, 0) is 78.1 Å². The fourth-order valence-corrected chi connectivity index (χ4v) is 6.88. The van der Waals surface area contributed by atoms with Crippen LogP contribution in [0.1, 0.15) is 48.3 Å². The van der Waals surface area contributed by atoms with E-state index in [4.69, 9.17) is 4.98 Å². The third-order valence-corrected chi connectivity index (χ3v) is 8.51. The minimum Gasteiger partial charge on any atom is -0.308 e. The van der Waals surface area contributed by atoms with E-state index < -0.39 is 0 Å². The van der Waals surface area contributed by atoms with Crippen molar-refractivity contribution in [3.8, 4) is 0 Å². The monoisotopic (exact) mass is 438 g/mol. The third kappa shape index (κ3) is 2.28. The van der Waals surface area contributed by atoms with Gasteiger partial charge in [0.15, 0.2) is 0 Å². The zero-order valence-electron chi connectivity index (χ0n) is 19.7. The summed E-state index contributed by atoms with van der Waals surface area (Å²) in [5.41, 5.74) is 9.25. The van der Waals surface area contributed by atoms with Gasteiger partial charge in [-0.1, -0.05) is 60.9 Å². The lowest BCUT2D eigenvalue weighted by molar-refractivity contribution is 0.724. The Morgan fingerprint density at radius 1 is 0.735 bits per heavy atom. The zero-order valence-corrected chi connectivity index (χ0v) is 19.7. The molecule has 0 unspecified atom stereocenters. The summed E-state index contributed by atoms with van der Waals surface area (Å²) in [6.45, 7) is 4.49. The number of nitrogens with zero attached hydrogens (tertiary/aromatic N) is 2. The van der Waals surface area contributed by atoms with E-state index in [1.54, 1.807) is 0 Å². The van der Waals surface area contributed by atoms with Gasteiger partial charge in [0, 0.05) is 27.7 Å². The van der Waals surface area contributed by atoms with E-state index in [2.05, 4.69) is 78.9 Å². The molecule has 7 aromatic rings. The molecule has 3 heterocycles. The number of fused-ring (bicyclic) bond motifs is 7. The Morgan fingerprint density at radius 2 is 1.56 bits per heavy atom. The quantitative estimate of drug-likeness (QED) is 0.185. The molecule has 0 amide bonds. The van der Waals surface area contributed by atoms with Crippen molar-refractivity contribution in [1.29, 1.82) is 0 Å². The highest BCUT2D eigenvalue weighted by atomic mass is 14.9. The van der Waals surface area contributed by atoms with Gasteiger partial charge >= 0.3 is 0 Å². The van der Waals surface area contributed by atoms with Gasteiger partial charge in [0.2, 0.25) is 0 Å².